The third-order valence-corrected chi connectivity index (χ3v) is 2.29. The number of hydrogen-bond donors (Lipinski definition) is 0. The molecule has 0 saturated heterocycles. The van der Waals surface area contributed by atoms with Gasteiger partial charge in [0.05, 0.1) is 0 Å². The van der Waals surface area contributed by atoms with E-state index in [1.807, 2.05) is 0 Å². The monoisotopic (exact) mass is 172 g/mol. The Morgan fingerprint density at radius 3 is 3.09 bits per heavy atom. The summed E-state index contributed by atoms with van der Waals surface area (Å²) in [6, 6.07) is 0. The van der Waals surface area contributed by atoms with Crippen molar-refractivity contribution in [1.82, 2.24) is 0 Å². The zero-order valence-electron chi connectivity index (χ0n) is 6.65. The molecule has 0 aliphatic heterocycles. The minimum Gasteiger partial charge on any atom is -0.242 e. The van der Waals surface area contributed by atoms with Crippen molar-refractivity contribution >= 4 is 9.24 Å². The molecular weight excluding hydrogens is 158 g/mol. The average molecular weight is 172 g/mol. The van der Waals surface area contributed by atoms with Gasteiger partial charge < -0.3 is 0 Å². The minimum absolute atomic E-state index is 0.660. The standard InChI is InChI=1S/C9H14FP/c1-7-8(5-6-11)3-2-4-9(7)10/h5,9H,1-4,6,11H2/b8-5-/t9-/m0/s1. The summed E-state index contributed by atoms with van der Waals surface area (Å²) in [5, 5.41) is 0. The van der Waals surface area contributed by atoms with Crippen LogP contribution in [-0.2, 0) is 0 Å². The molecule has 62 valence electrons. The van der Waals surface area contributed by atoms with Crippen molar-refractivity contribution in [3.05, 3.63) is 23.8 Å². The van der Waals surface area contributed by atoms with E-state index in [0.29, 0.717) is 12.0 Å². The molecule has 0 amide bonds. The van der Waals surface area contributed by atoms with Gasteiger partial charge in [-0.2, -0.15) is 0 Å². The average Bonchev–Trinajstić information content (AvgIpc) is 1.99. The molecule has 1 aliphatic rings. The van der Waals surface area contributed by atoms with Crippen LogP contribution in [0.3, 0.4) is 0 Å². The summed E-state index contributed by atoms with van der Waals surface area (Å²) in [6.45, 7) is 3.74. The molecule has 0 aromatic carbocycles. The first-order chi connectivity index (χ1) is 5.25. The lowest BCUT2D eigenvalue weighted by molar-refractivity contribution is 0.340. The zero-order valence-corrected chi connectivity index (χ0v) is 7.80. The van der Waals surface area contributed by atoms with Crippen molar-refractivity contribution in [2.75, 3.05) is 6.16 Å². The maximum atomic E-state index is 13.0. The number of allylic oxidation sites excluding steroid dienone is 3. The lowest BCUT2D eigenvalue weighted by Gasteiger charge is -2.20. The number of alkyl halides is 1. The van der Waals surface area contributed by atoms with E-state index >= 15 is 0 Å². The van der Waals surface area contributed by atoms with Gasteiger partial charge in [0.1, 0.15) is 6.17 Å². The first-order valence-corrected chi connectivity index (χ1v) is 4.79. The smallest absolute Gasteiger partial charge is 0.125 e. The molecule has 1 fully saturated rings. The van der Waals surface area contributed by atoms with Crippen LogP contribution in [0.1, 0.15) is 19.3 Å². The van der Waals surface area contributed by atoms with E-state index in [1.165, 1.54) is 0 Å². The first kappa shape index (κ1) is 8.93. The Morgan fingerprint density at radius 2 is 2.45 bits per heavy atom. The van der Waals surface area contributed by atoms with Crippen molar-refractivity contribution < 1.29 is 4.39 Å². The lowest BCUT2D eigenvalue weighted by atomic mass is 9.89. The second kappa shape index (κ2) is 4.01. The van der Waals surface area contributed by atoms with E-state index in [-0.39, 0.29) is 0 Å². The summed E-state index contributed by atoms with van der Waals surface area (Å²) in [4.78, 5) is 0. The highest BCUT2D eigenvalue weighted by Gasteiger charge is 2.19. The van der Waals surface area contributed by atoms with Gasteiger partial charge >= 0.3 is 0 Å². The van der Waals surface area contributed by atoms with Gasteiger partial charge in [0.2, 0.25) is 0 Å². The van der Waals surface area contributed by atoms with Crippen LogP contribution >= 0.6 is 9.24 Å². The number of rotatable bonds is 1. The predicted molar refractivity (Wildman–Crippen MR) is 50.5 cm³/mol. The van der Waals surface area contributed by atoms with Crippen LogP contribution in [0.25, 0.3) is 0 Å². The van der Waals surface area contributed by atoms with Crippen molar-refractivity contribution in [2.24, 2.45) is 0 Å². The second-order valence-electron chi connectivity index (χ2n) is 2.85. The van der Waals surface area contributed by atoms with Crippen LogP contribution in [0.4, 0.5) is 4.39 Å². The SMILES string of the molecule is C=C1/C(=C\CP)CCC[C@@H]1F. The van der Waals surface area contributed by atoms with Crippen LogP contribution in [0, 0.1) is 0 Å². The van der Waals surface area contributed by atoms with Crippen LogP contribution in [0.5, 0.6) is 0 Å². The lowest BCUT2D eigenvalue weighted by Crippen LogP contribution is -2.11. The molecule has 0 heterocycles. The van der Waals surface area contributed by atoms with Crippen LogP contribution in [-0.4, -0.2) is 12.3 Å². The Balaban J connectivity index is 2.66. The Hall–Kier alpha value is -0.160. The molecule has 1 unspecified atom stereocenters. The summed E-state index contributed by atoms with van der Waals surface area (Å²) in [5.74, 6) is 0. The molecule has 0 aromatic rings. The molecule has 1 saturated carbocycles. The van der Waals surface area contributed by atoms with Crippen molar-refractivity contribution in [3.63, 3.8) is 0 Å². The van der Waals surface area contributed by atoms with Gasteiger partial charge in [-0.1, -0.05) is 12.7 Å². The summed E-state index contributed by atoms with van der Waals surface area (Å²) in [6.07, 6.45) is 4.81. The normalized spacial score (nSPS) is 29.5. The molecule has 2 heteroatoms. The molecule has 0 bridgehead atoms. The van der Waals surface area contributed by atoms with E-state index in [1.54, 1.807) is 0 Å². The van der Waals surface area contributed by atoms with E-state index in [2.05, 4.69) is 21.9 Å². The van der Waals surface area contributed by atoms with Gasteiger partial charge in [-0.25, -0.2) is 4.39 Å². The largest absolute Gasteiger partial charge is 0.242 e. The van der Waals surface area contributed by atoms with Crippen LogP contribution in [0.15, 0.2) is 23.8 Å². The third-order valence-electron chi connectivity index (χ3n) is 2.06. The van der Waals surface area contributed by atoms with Crippen LogP contribution in [0.2, 0.25) is 0 Å². The molecule has 0 nitrogen and oxygen atoms in total. The Kier molecular flexibility index (Phi) is 3.26. The quantitative estimate of drug-likeness (QED) is 0.533. The van der Waals surface area contributed by atoms with Gasteiger partial charge in [-0.05, 0) is 36.6 Å². The summed E-state index contributed by atoms with van der Waals surface area (Å²) in [5.41, 5.74) is 1.83. The van der Waals surface area contributed by atoms with E-state index in [9.17, 15) is 4.39 Å². The molecule has 1 aliphatic carbocycles. The van der Waals surface area contributed by atoms with Crippen molar-refractivity contribution in [2.45, 2.75) is 25.4 Å². The summed E-state index contributed by atoms with van der Waals surface area (Å²) < 4.78 is 13.0. The first-order valence-electron chi connectivity index (χ1n) is 3.98. The molecule has 0 N–H and O–H groups in total. The zero-order chi connectivity index (χ0) is 8.27. The second-order valence-corrected chi connectivity index (χ2v) is 3.32. The van der Waals surface area contributed by atoms with E-state index in [4.69, 9.17) is 0 Å². The topological polar surface area (TPSA) is 0 Å². The third kappa shape index (κ3) is 2.13. The minimum atomic E-state index is -0.786. The number of hydrogen-bond acceptors (Lipinski definition) is 0. The molecular formula is C9H14FP. The Labute approximate surface area is 69.8 Å². The molecule has 0 spiro atoms. The van der Waals surface area contributed by atoms with E-state index in [0.717, 1.165) is 24.6 Å². The van der Waals surface area contributed by atoms with Gasteiger partial charge in [-0.3, -0.25) is 0 Å². The van der Waals surface area contributed by atoms with Crippen LogP contribution < -0.4 is 0 Å². The highest BCUT2D eigenvalue weighted by atomic mass is 31.0. The highest BCUT2D eigenvalue weighted by molar-refractivity contribution is 7.16. The summed E-state index contributed by atoms with van der Waals surface area (Å²) >= 11 is 0. The highest BCUT2D eigenvalue weighted by Crippen LogP contribution is 2.29. The van der Waals surface area contributed by atoms with Crippen molar-refractivity contribution in [1.29, 1.82) is 0 Å². The molecule has 0 aromatic heterocycles. The fourth-order valence-electron chi connectivity index (χ4n) is 1.38. The summed E-state index contributed by atoms with van der Waals surface area (Å²) in [7, 11) is 2.61. The molecule has 11 heavy (non-hydrogen) atoms. The van der Waals surface area contributed by atoms with Gasteiger partial charge in [0, 0.05) is 0 Å². The van der Waals surface area contributed by atoms with Gasteiger partial charge in [0.15, 0.2) is 0 Å². The molecule has 1 rings (SSSR count). The van der Waals surface area contributed by atoms with Gasteiger partial charge in [0.25, 0.3) is 0 Å². The fourth-order valence-corrected chi connectivity index (χ4v) is 1.67. The number of halogens is 1. The predicted octanol–water partition coefficient (Wildman–Crippen LogP) is 2.87. The Bertz CT molecular complexity index is 184. The van der Waals surface area contributed by atoms with Gasteiger partial charge in [-0.15, -0.1) is 9.24 Å². The maximum absolute atomic E-state index is 13.0. The molecule has 2 atom stereocenters. The van der Waals surface area contributed by atoms with Crippen molar-refractivity contribution in [3.8, 4) is 0 Å². The fraction of sp³-hybridized carbons (Fsp3) is 0.556. The Morgan fingerprint density at radius 1 is 1.73 bits per heavy atom. The van der Waals surface area contributed by atoms with E-state index < -0.39 is 6.17 Å². The maximum Gasteiger partial charge on any atom is 0.125 e. The molecule has 0 radical (unpaired) electrons.